The molecule has 4 heteroatoms. The predicted molar refractivity (Wildman–Crippen MR) is 104 cm³/mol. The lowest BCUT2D eigenvalue weighted by atomic mass is 9.57. The van der Waals surface area contributed by atoms with Crippen LogP contribution in [0.1, 0.15) is 77.6 Å². The second kappa shape index (κ2) is 10.4. The number of nitrogens with two attached hydrogens (primary N) is 1. The first-order valence-corrected chi connectivity index (χ1v) is 10.4. The number of amidine groups is 1. The maximum absolute atomic E-state index is 7.22. The van der Waals surface area contributed by atoms with Crippen molar-refractivity contribution < 1.29 is 0 Å². The highest BCUT2D eigenvalue weighted by molar-refractivity contribution is 5.76. The summed E-state index contributed by atoms with van der Waals surface area (Å²) in [5, 5.41) is 10.8. The van der Waals surface area contributed by atoms with E-state index in [0.717, 1.165) is 24.2 Å². The van der Waals surface area contributed by atoms with Crippen molar-refractivity contribution in [2.24, 2.45) is 17.1 Å². The van der Waals surface area contributed by atoms with Gasteiger partial charge in [0.25, 0.3) is 0 Å². The molecule has 0 aromatic rings. The zero-order chi connectivity index (χ0) is 17.3. The Morgan fingerprint density at radius 1 is 1.12 bits per heavy atom. The van der Waals surface area contributed by atoms with Crippen LogP contribution in [0.3, 0.4) is 0 Å². The third kappa shape index (κ3) is 6.72. The van der Waals surface area contributed by atoms with Gasteiger partial charge in [-0.1, -0.05) is 26.2 Å². The molecule has 0 amide bonds. The number of nitrogens with zero attached hydrogens (tertiary/aromatic N) is 1. The molecular formula is C20H40N4. The number of rotatable bonds is 12. The molecular weight excluding hydrogens is 296 g/mol. The molecule has 2 rings (SSSR count). The zero-order valence-corrected chi connectivity index (χ0v) is 15.9. The van der Waals surface area contributed by atoms with Gasteiger partial charge in [-0.25, -0.2) is 0 Å². The Labute approximate surface area is 149 Å². The van der Waals surface area contributed by atoms with Crippen LogP contribution in [0.15, 0.2) is 0 Å². The van der Waals surface area contributed by atoms with Crippen LogP contribution in [-0.2, 0) is 0 Å². The van der Waals surface area contributed by atoms with E-state index < -0.39 is 0 Å². The minimum atomic E-state index is 0.344. The molecule has 1 heterocycles. The van der Waals surface area contributed by atoms with Gasteiger partial charge in [0.1, 0.15) is 0 Å². The summed E-state index contributed by atoms with van der Waals surface area (Å²) in [5.41, 5.74) is 6.10. The van der Waals surface area contributed by atoms with E-state index in [1.165, 1.54) is 90.5 Å². The molecule has 0 aromatic carbocycles. The van der Waals surface area contributed by atoms with Gasteiger partial charge >= 0.3 is 0 Å². The highest BCUT2D eigenvalue weighted by Crippen LogP contribution is 2.52. The molecule has 0 unspecified atom stereocenters. The summed E-state index contributed by atoms with van der Waals surface area (Å²) in [5.74, 6) is 1.30. The summed E-state index contributed by atoms with van der Waals surface area (Å²) in [7, 11) is 0. The van der Waals surface area contributed by atoms with Gasteiger partial charge in [0.05, 0.1) is 5.84 Å². The summed E-state index contributed by atoms with van der Waals surface area (Å²) in [6, 6.07) is 0. The standard InChI is InChI=1S/C20H40N4/c1-2-11-23-17-18-15-20(16-18)9-13-24(14-10-20)12-7-5-3-4-6-8-19(21)22/h18,23H,2-17H2,1H3,(H3,21,22). The van der Waals surface area contributed by atoms with Crippen molar-refractivity contribution in [3.05, 3.63) is 0 Å². The Balaban J connectivity index is 1.45. The highest BCUT2D eigenvalue weighted by atomic mass is 15.1. The van der Waals surface area contributed by atoms with Crippen LogP contribution in [0.2, 0.25) is 0 Å². The minimum Gasteiger partial charge on any atom is -0.388 e. The number of hydrogen-bond donors (Lipinski definition) is 3. The van der Waals surface area contributed by atoms with Crippen LogP contribution in [0.5, 0.6) is 0 Å². The quantitative estimate of drug-likeness (QED) is 0.289. The normalized spacial score (nSPS) is 21.0. The monoisotopic (exact) mass is 336 g/mol. The molecule has 1 saturated heterocycles. The van der Waals surface area contributed by atoms with Crippen LogP contribution in [0.4, 0.5) is 0 Å². The molecule has 1 saturated carbocycles. The van der Waals surface area contributed by atoms with E-state index >= 15 is 0 Å². The molecule has 1 aliphatic carbocycles. The van der Waals surface area contributed by atoms with Crippen molar-refractivity contribution in [2.75, 3.05) is 32.7 Å². The zero-order valence-electron chi connectivity index (χ0n) is 15.9. The van der Waals surface area contributed by atoms with Crippen LogP contribution < -0.4 is 11.1 Å². The molecule has 140 valence electrons. The lowest BCUT2D eigenvalue weighted by Gasteiger charge is -2.52. The lowest BCUT2D eigenvalue weighted by molar-refractivity contribution is -0.0126. The van der Waals surface area contributed by atoms with E-state index in [1.54, 1.807) is 0 Å². The van der Waals surface area contributed by atoms with Crippen molar-refractivity contribution in [3.63, 3.8) is 0 Å². The molecule has 24 heavy (non-hydrogen) atoms. The van der Waals surface area contributed by atoms with E-state index in [9.17, 15) is 0 Å². The van der Waals surface area contributed by atoms with Crippen molar-refractivity contribution in [3.8, 4) is 0 Å². The number of likely N-dealkylation sites (tertiary alicyclic amines) is 1. The van der Waals surface area contributed by atoms with Crippen LogP contribution in [0, 0.1) is 16.7 Å². The van der Waals surface area contributed by atoms with E-state index in [2.05, 4.69) is 17.1 Å². The van der Waals surface area contributed by atoms with Crippen LogP contribution >= 0.6 is 0 Å². The Hall–Kier alpha value is -0.610. The molecule has 0 aromatic heterocycles. The molecule has 0 bridgehead atoms. The summed E-state index contributed by atoms with van der Waals surface area (Å²) >= 11 is 0. The molecule has 0 atom stereocenters. The molecule has 1 spiro atoms. The van der Waals surface area contributed by atoms with Gasteiger partial charge < -0.3 is 16.0 Å². The maximum Gasteiger partial charge on any atom is 0.0905 e. The maximum atomic E-state index is 7.22. The summed E-state index contributed by atoms with van der Waals surface area (Å²) in [4.78, 5) is 2.70. The van der Waals surface area contributed by atoms with E-state index in [0.29, 0.717) is 5.84 Å². The third-order valence-corrected chi connectivity index (χ3v) is 6.14. The molecule has 0 radical (unpaired) electrons. The van der Waals surface area contributed by atoms with Crippen molar-refractivity contribution >= 4 is 5.84 Å². The fourth-order valence-corrected chi connectivity index (χ4v) is 4.63. The largest absolute Gasteiger partial charge is 0.388 e. The second-order valence-corrected chi connectivity index (χ2v) is 8.36. The average molecular weight is 337 g/mol. The van der Waals surface area contributed by atoms with Crippen LogP contribution in [-0.4, -0.2) is 43.5 Å². The SMILES string of the molecule is CCCNCC1CC2(CCN(CCCCCCCC(=N)N)CC2)C1. The number of unbranched alkanes of at least 4 members (excludes halogenated alkanes) is 4. The van der Waals surface area contributed by atoms with Gasteiger partial charge in [-0.3, -0.25) is 5.41 Å². The van der Waals surface area contributed by atoms with Crippen molar-refractivity contribution in [2.45, 2.75) is 77.6 Å². The Kier molecular flexibility index (Phi) is 8.54. The van der Waals surface area contributed by atoms with Gasteiger partial charge in [-0.2, -0.15) is 0 Å². The summed E-state index contributed by atoms with van der Waals surface area (Å²) in [6.07, 6.45) is 14.2. The Morgan fingerprint density at radius 3 is 2.46 bits per heavy atom. The fourth-order valence-electron chi connectivity index (χ4n) is 4.63. The molecule has 2 fully saturated rings. The Morgan fingerprint density at radius 2 is 1.79 bits per heavy atom. The second-order valence-electron chi connectivity index (χ2n) is 8.36. The van der Waals surface area contributed by atoms with Crippen molar-refractivity contribution in [1.29, 1.82) is 5.41 Å². The van der Waals surface area contributed by atoms with Gasteiger partial charge in [-0.05, 0) is 89.0 Å². The van der Waals surface area contributed by atoms with Gasteiger partial charge in [0.2, 0.25) is 0 Å². The third-order valence-electron chi connectivity index (χ3n) is 6.14. The first-order chi connectivity index (χ1) is 11.6. The van der Waals surface area contributed by atoms with Gasteiger partial charge in [0.15, 0.2) is 0 Å². The molecule has 1 aliphatic heterocycles. The molecule has 2 aliphatic rings. The van der Waals surface area contributed by atoms with Gasteiger partial charge in [-0.15, -0.1) is 0 Å². The van der Waals surface area contributed by atoms with Crippen molar-refractivity contribution in [1.82, 2.24) is 10.2 Å². The first-order valence-electron chi connectivity index (χ1n) is 10.4. The average Bonchev–Trinajstić information content (AvgIpc) is 2.53. The summed E-state index contributed by atoms with van der Waals surface area (Å²) < 4.78 is 0. The number of nitrogens with one attached hydrogen (secondary N) is 2. The van der Waals surface area contributed by atoms with Gasteiger partial charge in [0, 0.05) is 6.42 Å². The van der Waals surface area contributed by atoms with E-state index in [1.807, 2.05) is 0 Å². The van der Waals surface area contributed by atoms with Crippen LogP contribution in [0.25, 0.3) is 0 Å². The van der Waals surface area contributed by atoms with E-state index in [4.69, 9.17) is 11.1 Å². The van der Waals surface area contributed by atoms with E-state index in [-0.39, 0.29) is 0 Å². The lowest BCUT2D eigenvalue weighted by Crippen LogP contribution is -2.49. The summed E-state index contributed by atoms with van der Waals surface area (Å²) in [6.45, 7) is 8.65. The predicted octanol–water partition coefficient (Wildman–Crippen LogP) is 3.75. The molecule has 4 nitrogen and oxygen atoms in total. The fraction of sp³-hybridized carbons (Fsp3) is 0.950. The number of hydrogen-bond acceptors (Lipinski definition) is 3. The minimum absolute atomic E-state index is 0.344. The first kappa shape index (κ1) is 19.7. The Bertz CT molecular complexity index is 353. The smallest absolute Gasteiger partial charge is 0.0905 e. The number of piperidine rings is 1. The molecule has 4 N–H and O–H groups in total. The highest BCUT2D eigenvalue weighted by Gasteiger charge is 2.45. The topological polar surface area (TPSA) is 65.1 Å².